The third-order valence-electron chi connectivity index (χ3n) is 4.91. The summed E-state index contributed by atoms with van der Waals surface area (Å²) in [5, 5.41) is 11.9. The number of anilines is 1. The monoisotopic (exact) mass is 353 g/mol. The highest BCUT2D eigenvalue weighted by Gasteiger charge is 2.31. The van der Waals surface area contributed by atoms with Gasteiger partial charge in [-0.15, -0.1) is 0 Å². The van der Waals surface area contributed by atoms with Gasteiger partial charge in [0.25, 0.3) is 0 Å². The van der Waals surface area contributed by atoms with Crippen LogP contribution in [-0.2, 0) is 16.0 Å². The number of nitrogens with one attached hydrogen (secondary N) is 1. The molecular weight excluding hydrogens is 330 g/mol. The Bertz CT molecular complexity index is 842. The first-order valence-electron chi connectivity index (χ1n) is 8.71. The zero-order valence-corrected chi connectivity index (χ0v) is 15.2. The molecule has 2 unspecified atom stereocenters. The Morgan fingerprint density at radius 2 is 1.85 bits per heavy atom. The summed E-state index contributed by atoms with van der Waals surface area (Å²) in [7, 11) is 0. The third kappa shape index (κ3) is 3.72. The molecule has 0 spiro atoms. The second-order valence-corrected chi connectivity index (χ2v) is 6.97. The van der Waals surface area contributed by atoms with E-state index >= 15 is 0 Å². The lowest BCUT2D eigenvalue weighted by atomic mass is 9.96. The first-order chi connectivity index (χ1) is 12.3. The van der Waals surface area contributed by atoms with Gasteiger partial charge in [-0.3, -0.25) is 9.59 Å². The van der Waals surface area contributed by atoms with Crippen LogP contribution in [-0.4, -0.2) is 23.6 Å². The van der Waals surface area contributed by atoms with Crippen molar-refractivity contribution < 1.29 is 19.4 Å². The van der Waals surface area contributed by atoms with Crippen molar-refractivity contribution in [2.75, 3.05) is 11.9 Å². The summed E-state index contributed by atoms with van der Waals surface area (Å²) in [5.74, 6) is -0.886. The minimum absolute atomic E-state index is 0.0985. The minimum Gasteiger partial charge on any atom is -0.492 e. The van der Waals surface area contributed by atoms with Crippen LogP contribution in [0.1, 0.15) is 35.1 Å². The standard InChI is InChI=1S/C21H23NO4/c1-12-9-17-18(11-26-19(17)10-13(12)2)20(23)22-16-6-4-15(5-7-16)8-14(3)21(24)25/h4-7,9-10,14,18H,8,11H2,1-3H3,(H,22,23)(H,24,25). The average molecular weight is 353 g/mol. The first kappa shape index (κ1) is 18.0. The van der Waals surface area contributed by atoms with Gasteiger partial charge in [-0.2, -0.15) is 0 Å². The molecule has 0 saturated carbocycles. The van der Waals surface area contributed by atoms with Crippen LogP contribution in [0.15, 0.2) is 36.4 Å². The van der Waals surface area contributed by atoms with E-state index in [-0.39, 0.29) is 11.8 Å². The topological polar surface area (TPSA) is 75.6 Å². The molecule has 0 bridgehead atoms. The normalized spacial score (nSPS) is 16.5. The van der Waals surface area contributed by atoms with E-state index in [4.69, 9.17) is 9.84 Å². The molecule has 0 aliphatic carbocycles. The van der Waals surface area contributed by atoms with E-state index in [9.17, 15) is 9.59 Å². The number of rotatable bonds is 5. The number of carboxylic acid groups (broad SMARTS) is 1. The fraction of sp³-hybridized carbons (Fsp3) is 0.333. The van der Waals surface area contributed by atoms with E-state index in [0.717, 1.165) is 28.0 Å². The molecule has 0 fully saturated rings. The molecular formula is C21H23NO4. The van der Waals surface area contributed by atoms with Crippen LogP contribution in [0.2, 0.25) is 0 Å². The Balaban J connectivity index is 1.68. The highest BCUT2D eigenvalue weighted by molar-refractivity contribution is 5.97. The van der Waals surface area contributed by atoms with Gasteiger partial charge in [-0.05, 0) is 55.2 Å². The van der Waals surface area contributed by atoms with Crippen LogP contribution < -0.4 is 10.1 Å². The fourth-order valence-electron chi connectivity index (χ4n) is 3.08. The Kier molecular flexibility index (Phi) is 4.98. The molecule has 26 heavy (non-hydrogen) atoms. The molecule has 3 rings (SSSR count). The zero-order chi connectivity index (χ0) is 18.8. The third-order valence-corrected chi connectivity index (χ3v) is 4.91. The van der Waals surface area contributed by atoms with Crippen molar-refractivity contribution in [2.24, 2.45) is 5.92 Å². The van der Waals surface area contributed by atoms with E-state index < -0.39 is 11.9 Å². The van der Waals surface area contributed by atoms with Crippen molar-refractivity contribution in [3.8, 4) is 5.75 Å². The molecule has 0 saturated heterocycles. The highest BCUT2D eigenvalue weighted by Crippen LogP contribution is 2.36. The molecule has 5 heteroatoms. The molecule has 2 aromatic carbocycles. The molecule has 1 aliphatic heterocycles. The van der Waals surface area contributed by atoms with Gasteiger partial charge < -0.3 is 15.2 Å². The molecule has 0 radical (unpaired) electrons. The predicted octanol–water partition coefficient (Wildman–Crippen LogP) is 3.68. The van der Waals surface area contributed by atoms with Crippen LogP contribution >= 0.6 is 0 Å². The van der Waals surface area contributed by atoms with Crippen LogP contribution in [0.3, 0.4) is 0 Å². The number of hydrogen-bond donors (Lipinski definition) is 2. The lowest BCUT2D eigenvalue weighted by Gasteiger charge is -2.12. The van der Waals surface area contributed by atoms with Crippen molar-refractivity contribution in [1.82, 2.24) is 0 Å². The van der Waals surface area contributed by atoms with Crippen molar-refractivity contribution in [1.29, 1.82) is 0 Å². The number of benzene rings is 2. The van der Waals surface area contributed by atoms with Gasteiger partial charge in [0.2, 0.25) is 5.91 Å². The number of fused-ring (bicyclic) bond motifs is 1. The SMILES string of the molecule is Cc1cc2c(cc1C)C(C(=O)Nc1ccc(CC(C)C(=O)O)cc1)CO2. The number of aliphatic carboxylic acids is 1. The predicted molar refractivity (Wildman–Crippen MR) is 99.7 cm³/mol. The number of hydrogen-bond acceptors (Lipinski definition) is 3. The molecule has 1 heterocycles. The van der Waals surface area contributed by atoms with E-state index in [0.29, 0.717) is 18.7 Å². The van der Waals surface area contributed by atoms with Crippen LogP contribution in [0, 0.1) is 19.8 Å². The molecule has 136 valence electrons. The van der Waals surface area contributed by atoms with Gasteiger partial charge in [-0.1, -0.05) is 25.1 Å². The maximum absolute atomic E-state index is 12.7. The number of amides is 1. The van der Waals surface area contributed by atoms with Crippen molar-refractivity contribution in [3.63, 3.8) is 0 Å². The van der Waals surface area contributed by atoms with E-state index in [1.807, 2.05) is 38.1 Å². The van der Waals surface area contributed by atoms with Gasteiger partial charge in [0, 0.05) is 11.3 Å². The van der Waals surface area contributed by atoms with E-state index in [1.165, 1.54) is 0 Å². The molecule has 2 N–H and O–H groups in total. The highest BCUT2D eigenvalue weighted by atomic mass is 16.5. The fourth-order valence-corrected chi connectivity index (χ4v) is 3.08. The Morgan fingerprint density at radius 3 is 2.50 bits per heavy atom. The first-order valence-corrected chi connectivity index (χ1v) is 8.71. The Hall–Kier alpha value is -2.82. The summed E-state index contributed by atoms with van der Waals surface area (Å²) < 4.78 is 5.67. The Morgan fingerprint density at radius 1 is 1.19 bits per heavy atom. The van der Waals surface area contributed by atoms with Crippen molar-refractivity contribution in [2.45, 2.75) is 33.1 Å². The second kappa shape index (κ2) is 7.20. The van der Waals surface area contributed by atoms with Crippen LogP contribution in [0.25, 0.3) is 0 Å². The summed E-state index contributed by atoms with van der Waals surface area (Å²) in [5.41, 5.74) is 4.84. The van der Waals surface area contributed by atoms with Gasteiger partial charge in [-0.25, -0.2) is 0 Å². The van der Waals surface area contributed by atoms with Crippen molar-refractivity contribution in [3.05, 3.63) is 58.7 Å². The largest absolute Gasteiger partial charge is 0.492 e. The summed E-state index contributed by atoms with van der Waals surface area (Å²) in [6.45, 7) is 6.08. The Labute approximate surface area is 153 Å². The van der Waals surface area contributed by atoms with Gasteiger partial charge >= 0.3 is 5.97 Å². The average Bonchev–Trinajstić information content (AvgIpc) is 2.99. The molecule has 2 atom stereocenters. The lowest BCUT2D eigenvalue weighted by Crippen LogP contribution is -2.22. The molecule has 5 nitrogen and oxygen atoms in total. The number of aryl methyl sites for hydroxylation is 2. The molecule has 2 aromatic rings. The van der Waals surface area contributed by atoms with Gasteiger partial charge in [0.05, 0.1) is 5.92 Å². The minimum atomic E-state index is -0.812. The van der Waals surface area contributed by atoms with Crippen molar-refractivity contribution >= 4 is 17.6 Å². The summed E-state index contributed by atoms with van der Waals surface area (Å²) >= 11 is 0. The van der Waals surface area contributed by atoms with Gasteiger partial charge in [0.1, 0.15) is 18.3 Å². The van der Waals surface area contributed by atoms with Gasteiger partial charge in [0.15, 0.2) is 0 Å². The van der Waals surface area contributed by atoms with Crippen LogP contribution in [0.4, 0.5) is 5.69 Å². The van der Waals surface area contributed by atoms with E-state index in [2.05, 4.69) is 5.32 Å². The quantitative estimate of drug-likeness (QED) is 0.860. The molecule has 0 aromatic heterocycles. The number of carboxylic acids is 1. The number of carbonyl (C=O) groups excluding carboxylic acids is 1. The summed E-state index contributed by atoms with van der Waals surface area (Å²) in [6.07, 6.45) is 0.464. The zero-order valence-electron chi connectivity index (χ0n) is 15.2. The summed E-state index contributed by atoms with van der Waals surface area (Å²) in [6, 6.07) is 11.3. The molecule has 1 amide bonds. The number of ether oxygens (including phenoxy) is 1. The molecule has 1 aliphatic rings. The lowest BCUT2D eigenvalue weighted by molar-refractivity contribution is -0.141. The second-order valence-electron chi connectivity index (χ2n) is 6.97. The summed E-state index contributed by atoms with van der Waals surface area (Å²) in [4.78, 5) is 23.6. The smallest absolute Gasteiger partial charge is 0.306 e. The van der Waals surface area contributed by atoms with Crippen LogP contribution in [0.5, 0.6) is 5.75 Å². The number of carbonyl (C=O) groups is 2. The maximum atomic E-state index is 12.7. The maximum Gasteiger partial charge on any atom is 0.306 e. The van der Waals surface area contributed by atoms with E-state index in [1.54, 1.807) is 19.1 Å².